The van der Waals surface area contributed by atoms with Crippen LogP contribution < -0.4 is 0 Å². The van der Waals surface area contributed by atoms with Crippen LogP contribution in [-0.2, 0) is 0 Å². The molecular weight excluding hydrogens is 93.9 g/mol. The monoisotopic (exact) mass is 100 g/mol. The molecule has 0 bridgehead atoms. The summed E-state index contributed by atoms with van der Waals surface area (Å²) in [4.78, 5) is 1.19. The molecule has 0 radical (unpaired) electrons. The molecule has 0 rings (SSSR count). The molecule has 7 heavy (non-hydrogen) atoms. The maximum Gasteiger partial charge on any atom is 0.542 e. The summed E-state index contributed by atoms with van der Waals surface area (Å²) in [6, 6.07) is 0. The first-order valence-electron chi connectivity index (χ1n) is 1.88. The number of hydrogen-bond acceptors (Lipinski definition) is 2. The van der Waals surface area contributed by atoms with Crippen LogP contribution >= 0.6 is 0 Å². The van der Waals surface area contributed by atoms with Gasteiger partial charge in [-0.15, -0.1) is 0 Å². The Balaban J connectivity index is 3.40. The Morgan fingerprint density at radius 3 is 2.14 bits per heavy atom. The molecule has 38 valence electrons. The molecule has 0 aliphatic carbocycles. The summed E-state index contributed by atoms with van der Waals surface area (Å²) in [5.74, 6) is 1.42. The number of hydrogen-bond donors (Lipinski definition) is 0. The zero-order valence-corrected chi connectivity index (χ0v) is 4.35. The standard InChI is InChI=1S/C3H6BFN2/c1-7(2)4(5)3-6/h1-2H3. The Hall–Kier alpha value is -0.555. The fourth-order valence-corrected chi connectivity index (χ4v) is 0.115. The first-order valence-corrected chi connectivity index (χ1v) is 1.88. The topological polar surface area (TPSA) is 27.0 Å². The molecule has 0 N–H and O–H groups in total. The summed E-state index contributed by atoms with van der Waals surface area (Å²) >= 11 is 0. The first-order chi connectivity index (χ1) is 3.18. The fourth-order valence-electron chi connectivity index (χ4n) is 0.115. The number of rotatable bonds is 1. The van der Waals surface area contributed by atoms with Gasteiger partial charge in [-0.25, -0.2) is 5.26 Å². The second kappa shape index (κ2) is 2.59. The van der Waals surface area contributed by atoms with E-state index in [1.54, 1.807) is 0 Å². The van der Waals surface area contributed by atoms with E-state index in [1.807, 2.05) is 0 Å². The summed E-state index contributed by atoms with van der Waals surface area (Å²) in [6.45, 7) is 0. The van der Waals surface area contributed by atoms with Gasteiger partial charge in [0.1, 0.15) is 0 Å². The molecule has 0 unspecified atom stereocenters. The van der Waals surface area contributed by atoms with Gasteiger partial charge < -0.3 is 4.81 Å². The third-order valence-electron chi connectivity index (χ3n) is 0.560. The highest BCUT2D eigenvalue weighted by Gasteiger charge is 2.14. The van der Waals surface area contributed by atoms with Gasteiger partial charge in [-0.3, -0.25) is 4.32 Å². The van der Waals surface area contributed by atoms with Crippen LogP contribution in [0.4, 0.5) is 4.32 Å². The van der Waals surface area contributed by atoms with Crippen LogP contribution in [0.3, 0.4) is 0 Å². The van der Waals surface area contributed by atoms with Crippen molar-refractivity contribution in [3.05, 3.63) is 0 Å². The van der Waals surface area contributed by atoms with E-state index in [-0.39, 0.29) is 0 Å². The third kappa shape index (κ3) is 2.18. The van der Waals surface area contributed by atoms with E-state index >= 15 is 0 Å². The average Bonchev–Trinajstić information content (AvgIpc) is 1.65. The minimum absolute atomic E-state index is 1.19. The van der Waals surface area contributed by atoms with E-state index in [4.69, 9.17) is 5.26 Å². The van der Waals surface area contributed by atoms with Crippen molar-refractivity contribution in [2.75, 3.05) is 14.1 Å². The number of nitrogens with zero attached hydrogens (tertiary/aromatic N) is 2. The maximum absolute atomic E-state index is 11.8. The van der Waals surface area contributed by atoms with Gasteiger partial charge in [0.05, 0.1) is 5.97 Å². The minimum atomic E-state index is -1.46. The van der Waals surface area contributed by atoms with E-state index in [0.29, 0.717) is 0 Å². The van der Waals surface area contributed by atoms with Crippen LogP contribution in [0.25, 0.3) is 0 Å². The zero-order valence-electron chi connectivity index (χ0n) is 4.35. The predicted molar refractivity (Wildman–Crippen MR) is 26.2 cm³/mol. The summed E-state index contributed by atoms with van der Waals surface area (Å²) in [6.07, 6.45) is 0. The van der Waals surface area contributed by atoms with Crippen molar-refractivity contribution in [2.24, 2.45) is 0 Å². The molecular formula is C3H6BFN2. The van der Waals surface area contributed by atoms with E-state index in [1.165, 1.54) is 24.9 Å². The van der Waals surface area contributed by atoms with Gasteiger partial charge in [-0.05, 0) is 14.1 Å². The summed E-state index contributed by atoms with van der Waals surface area (Å²) < 4.78 is 11.8. The molecule has 2 nitrogen and oxygen atoms in total. The van der Waals surface area contributed by atoms with E-state index in [0.717, 1.165) is 0 Å². The van der Waals surface area contributed by atoms with Gasteiger partial charge in [0.2, 0.25) is 0 Å². The molecule has 0 spiro atoms. The van der Waals surface area contributed by atoms with Gasteiger partial charge in [-0.2, -0.15) is 0 Å². The Morgan fingerprint density at radius 1 is 1.71 bits per heavy atom. The van der Waals surface area contributed by atoms with E-state index in [9.17, 15) is 4.32 Å². The summed E-state index contributed by atoms with van der Waals surface area (Å²) in [5.41, 5.74) is 0. The van der Waals surface area contributed by atoms with Crippen LogP contribution in [0.5, 0.6) is 0 Å². The van der Waals surface area contributed by atoms with Crippen LogP contribution in [0, 0.1) is 11.2 Å². The Morgan fingerprint density at radius 2 is 2.14 bits per heavy atom. The Labute approximate surface area is 42.7 Å². The second-order valence-electron chi connectivity index (χ2n) is 1.43. The largest absolute Gasteiger partial charge is 0.542 e. The Kier molecular flexibility index (Phi) is 2.38. The van der Waals surface area contributed by atoms with Gasteiger partial charge >= 0.3 is 7.12 Å². The van der Waals surface area contributed by atoms with Crippen LogP contribution in [0.2, 0.25) is 0 Å². The fraction of sp³-hybridized carbons (Fsp3) is 0.667. The number of halogens is 1. The zero-order chi connectivity index (χ0) is 5.86. The molecule has 0 aromatic rings. The van der Waals surface area contributed by atoms with Crippen molar-refractivity contribution >= 4 is 7.12 Å². The molecule has 0 saturated carbocycles. The molecule has 0 aliphatic heterocycles. The highest BCUT2D eigenvalue weighted by atomic mass is 19.1. The molecule has 0 aliphatic rings. The van der Waals surface area contributed by atoms with Crippen LogP contribution in [0.15, 0.2) is 0 Å². The van der Waals surface area contributed by atoms with Crippen molar-refractivity contribution in [3.8, 4) is 5.97 Å². The molecule has 0 aromatic heterocycles. The van der Waals surface area contributed by atoms with Gasteiger partial charge in [0, 0.05) is 0 Å². The normalized spacial score (nSPS) is 8.43. The van der Waals surface area contributed by atoms with Crippen molar-refractivity contribution < 1.29 is 4.32 Å². The SMILES string of the molecule is CN(C)B(F)C#N. The molecule has 0 saturated heterocycles. The molecule has 0 atom stereocenters. The molecule has 4 heteroatoms. The smallest absolute Gasteiger partial charge is 0.306 e. The third-order valence-corrected chi connectivity index (χ3v) is 0.560. The van der Waals surface area contributed by atoms with Crippen molar-refractivity contribution in [2.45, 2.75) is 0 Å². The molecule has 0 fully saturated rings. The van der Waals surface area contributed by atoms with E-state index in [2.05, 4.69) is 0 Å². The maximum atomic E-state index is 11.8. The predicted octanol–water partition coefficient (Wildman–Crippen LogP) is 0.0685. The second-order valence-corrected chi connectivity index (χ2v) is 1.43. The lowest BCUT2D eigenvalue weighted by molar-refractivity contribution is 0.580. The lowest BCUT2D eigenvalue weighted by atomic mass is 9.90. The van der Waals surface area contributed by atoms with Crippen molar-refractivity contribution in [1.82, 2.24) is 4.81 Å². The van der Waals surface area contributed by atoms with E-state index < -0.39 is 7.12 Å². The summed E-state index contributed by atoms with van der Waals surface area (Å²) in [7, 11) is 1.56. The first kappa shape index (κ1) is 6.44. The van der Waals surface area contributed by atoms with Gasteiger partial charge in [0.15, 0.2) is 0 Å². The highest BCUT2D eigenvalue weighted by Crippen LogP contribution is 1.82. The molecule has 0 aromatic carbocycles. The lowest BCUT2D eigenvalue weighted by Gasteiger charge is -2.01. The average molecular weight is 99.9 g/mol. The number of nitriles is 1. The van der Waals surface area contributed by atoms with Crippen molar-refractivity contribution in [3.63, 3.8) is 0 Å². The van der Waals surface area contributed by atoms with Crippen LogP contribution in [0.1, 0.15) is 0 Å². The summed E-state index contributed by atoms with van der Waals surface area (Å²) in [5, 5.41) is 7.84. The van der Waals surface area contributed by atoms with Gasteiger partial charge in [0.25, 0.3) is 0 Å². The Bertz CT molecular complexity index is 87.4. The lowest BCUT2D eigenvalue weighted by Crippen LogP contribution is -2.26. The minimum Gasteiger partial charge on any atom is -0.306 e. The van der Waals surface area contributed by atoms with Crippen molar-refractivity contribution in [1.29, 1.82) is 5.26 Å². The van der Waals surface area contributed by atoms with Gasteiger partial charge in [-0.1, -0.05) is 0 Å². The molecule has 0 heterocycles. The quantitative estimate of drug-likeness (QED) is 0.436. The highest BCUT2D eigenvalue weighted by molar-refractivity contribution is 6.56. The molecule has 0 amide bonds. The van der Waals surface area contributed by atoms with Crippen LogP contribution in [-0.4, -0.2) is 26.0 Å².